The van der Waals surface area contributed by atoms with E-state index in [4.69, 9.17) is 14.2 Å². The number of hydrogen-bond acceptors (Lipinski definition) is 6. The lowest BCUT2D eigenvalue weighted by molar-refractivity contribution is -0.299. The molecule has 4 aromatic rings. The number of ketones is 1. The number of carbonyl (C=O) groups is 3. The molecule has 2 N–H and O–H groups in total. The highest BCUT2D eigenvalue weighted by atomic mass is 19.1. The Hall–Kier alpha value is -4.64. The molecule has 65 heavy (non-hydrogen) atoms. The van der Waals surface area contributed by atoms with Crippen LogP contribution in [0.25, 0.3) is 22.4 Å². The van der Waals surface area contributed by atoms with E-state index in [0.717, 1.165) is 53.8 Å². The van der Waals surface area contributed by atoms with Gasteiger partial charge in [0.2, 0.25) is 5.91 Å². The van der Waals surface area contributed by atoms with Crippen molar-refractivity contribution < 1.29 is 33.0 Å². The fourth-order valence-corrected chi connectivity index (χ4v) is 10.6. The first-order chi connectivity index (χ1) is 30.8. The van der Waals surface area contributed by atoms with Gasteiger partial charge >= 0.3 is 0 Å². The van der Waals surface area contributed by atoms with E-state index >= 15 is 0 Å². The molecule has 0 spiro atoms. The molecule has 350 valence electrons. The SMILES string of the molecule is CC(C)c1c(C(=O)Nc2ccccc2)c(-c2ccccc2)c(-c2ccc(F)cc2)n1CC[C@@H]1C[C@H](CC(=O)NCC[C@@H]2C[C@H](CC(=O)C3CC3C(C)(C)C)OC(C)(C)O2)CCC(C)(C)O1. The second kappa shape index (κ2) is 20.1. The number of hydrogen-bond donors (Lipinski definition) is 2. The number of rotatable bonds is 16. The van der Waals surface area contributed by atoms with Gasteiger partial charge in [0, 0.05) is 55.2 Å². The summed E-state index contributed by atoms with van der Waals surface area (Å²) in [6, 6.07) is 26.0. The molecule has 3 aromatic carbocycles. The number of carbonyl (C=O) groups excluding carboxylic acids is 3. The van der Waals surface area contributed by atoms with Gasteiger partial charge in [-0.3, -0.25) is 14.4 Å². The average Bonchev–Trinajstić information content (AvgIpc) is 4.01. The van der Waals surface area contributed by atoms with E-state index in [1.807, 2.05) is 74.5 Å². The summed E-state index contributed by atoms with van der Waals surface area (Å²) in [5.41, 5.74) is 5.31. The van der Waals surface area contributed by atoms with Gasteiger partial charge in [-0.2, -0.15) is 0 Å². The van der Waals surface area contributed by atoms with Gasteiger partial charge in [-0.1, -0.05) is 83.1 Å². The minimum atomic E-state index is -0.803. The molecule has 1 aromatic heterocycles. The second-order valence-corrected chi connectivity index (χ2v) is 21.4. The first-order valence-corrected chi connectivity index (χ1v) is 24.0. The van der Waals surface area contributed by atoms with Gasteiger partial charge in [0.15, 0.2) is 5.79 Å². The summed E-state index contributed by atoms with van der Waals surface area (Å²) < 4.78 is 36.1. The van der Waals surface area contributed by atoms with Crippen LogP contribution < -0.4 is 10.6 Å². The number of amides is 2. The van der Waals surface area contributed by atoms with E-state index in [9.17, 15) is 18.8 Å². The number of anilines is 1. The summed E-state index contributed by atoms with van der Waals surface area (Å²) in [6.07, 6.45) is 5.63. The third kappa shape index (κ3) is 12.4. The molecule has 9 nitrogen and oxygen atoms in total. The smallest absolute Gasteiger partial charge is 0.258 e. The van der Waals surface area contributed by atoms with Crippen molar-refractivity contribution in [2.75, 3.05) is 11.9 Å². The van der Waals surface area contributed by atoms with E-state index in [1.54, 1.807) is 12.1 Å². The third-order valence-electron chi connectivity index (χ3n) is 13.6. The quantitative estimate of drug-likeness (QED) is 0.116. The van der Waals surface area contributed by atoms with Gasteiger partial charge in [-0.25, -0.2) is 4.39 Å². The summed E-state index contributed by atoms with van der Waals surface area (Å²) in [5, 5.41) is 6.36. The maximum atomic E-state index is 14.6. The van der Waals surface area contributed by atoms with Crippen LogP contribution >= 0.6 is 0 Å². The Morgan fingerprint density at radius 3 is 2.08 bits per heavy atom. The van der Waals surface area contributed by atoms with Gasteiger partial charge in [-0.05, 0) is 137 Å². The summed E-state index contributed by atoms with van der Waals surface area (Å²) in [5.74, 6) is -0.380. The van der Waals surface area contributed by atoms with Gasteiger partial charge in [0.05, 0.1) is 35.2 Å². The van der Waals surface area contributed by atoms with E-state index in [0.29, 0.717) is 68.1 Å². The first-order valence-electron chi connectivity index (χ1n) is 24.0. The first kappa shape index (κ1) is 48.3. The van der Waals surface area contributed by atoms with Crippen molar-refractivity contribution in [2.24, 2.45) is 23.2 Å². The zero-order valence-corrected chi connectivity index (χ0v) is 40.2. The van der Waals surface area contributed by atoms with Crippen molar-refractivity contribution in [1.29, 1.82) is 0 Å². The Morgan fingerprint density at radius 1 is 0.785 bits per heavy atom. The number of aromatic nitrogens is 1. The maximum absolute atomic E-state index is 14.6. The van der Waals surface area contributed by atoms with Crippen LogP contribution in [0.2, 0.25) is 0 Å². The molecule has 1 aliphatic carbocycles. The highest BCUT2D eigenvalue weighted by molar-refractivity contribution is 6.12. The second-order valence-electron chi connectivity index (χ2n) is 21.4. The summed E-state index contributed by atoms with van der Waals surface area (Å²) in [7, 11) is 0. The predicted molar refractivity (Wildman–Crippen MR) is 256 cm³/mol. The molecule has 0 radical (unpaired) electrons. The molecule has 2 amide bonds. The Balaban J connectivity index is 1.06. The largest absolute Gasteiger partial charge is 0.372 e. The fraction of sp³-hybridized carbons (Fsp3) is 0.545. The number of benzene rings is 3. The van der Waals surface area contributed by atoms with Gasteiger partial charge in [0.25, 0.3) is 5.91 Å². The van der Waals surface area contributed by atoms with Crippen LogP contribution in [0, 0.1) is 29.0 Å². The average molecular weight is 890 g/mol. The molecule has 7 rings (SSSR count). The van der Waals surface area contributed by atoms with Crippen molar-refractivity contribution in [1.82, 2.24) is 9.88 Å². The standard InChI is InChI=1S/C55H72FN3O6/c1-35(2)50-49(52(62)58-40-18-14-11-15-19-40)48(37-16-12-10-13-17-37)51(38-20-22-39(56)23-21-38)59(50)29-26-42-30-36(24-27-54(6,7)63-42)31-47(61)57-28-25-41-32-43(65-55(8,9)64-41)33-46(60)44-34-45(44)53(3,4)5/h10-23,35-36,41-45H,24-34H2,1-9H3,(H,57,61)(H,58,62)/t36-,41-,42-,43-,44?,45?/m1/s1. The van der Waals surface area contributed by atoms with Crippen LogP contribution in [0.1, 0.15) is 142 Å². The molecular formula is C55H72FN3O6. The monoisotopic (exact) mass is 890 g/mol. The van der Waals surface area contributed by atoms with Gasteiger partial charge < -0.3 is 29.4 Å². The molecule has 3 heterocycles. The van der Waals surface area contributed by atoms with Crippen molar-refractivity contribution >= 4 is 23.3 Å². The Kier molecular flexibility index (Phi) is 14.9. The topological polar surface area (TPSA) is 108 Å². The zero-order chi connectivity index (χ0) is 46.7. The number of halogens is 1. The Labute approximate surface area is 386 Å². The molecule has 2 saturated heterocycles. The lowest BCUT2D eigenvalue weighted by Gasteiger charge is -2.41. The molecule has 2 unspecified atom stereocenters. The minimum Gasteiger partial charge on any atom is -0.372 e. The van der Waals surface area contributed by atoms with Crippen LogP contribution in [0.3, 0.4) is 0 Å². The highest BCUT2D eigenvalue weighted by Crippen LogP contribution is 2.52. The van der Waals surface area contributed by atoms with Gasteiger partial charge in [-0.15, -0.1) is 0 Å². The summed E-state index contributed by atoms with van der Waals surface area (Å²) in [6.45, 7) is 19.9. The normalized spacial score (nSPS) is 24.0. The number of para-hydroxylation sites is 1. The number of nitrogens with one attached hydrogen (secondary N) is 2. The molecule has 1 saturated carbocycles. The van der Waals surface area contributed by atoms with E-state index in [1.165, 1.54) is 12.1 Å². The van der Waals surface area contributed by atoms with Crippen molar-refractivity contribution in [3.05, 3.63) is 102 Å². The minimum absolute atomic E-state index is 0.0149. The van der Waals surface area contributed by atoms with E-state index < -0.39 is 5.79 Å². The van der Waals surface area contributed by atoms with Crippen molar-refractivity contribution in [3.63, 3.8) is 0 Å². The van der Waals surface area contributed by atoms with Crippen LogP contribution in [-0.4, -0.2) is 58.4 Å². The number of Topliss-reactive ketones (excluding diaryl/α,β-unsaturated/α-hetero) is 1. The molecular weight excluding hydrogens is 818 g/mol. The molecule has 0 bridgehead atoms. The van der Waals surface area contributed by atoms with Crippen LogP contribution in [0.5, 0.6) is 0 Å². The molecule has 10 heteroatoms. The summed E-state index contributed by atoms with van der Waals surface area (Å²) >= 11 is 0. The maximum Gasteiger partial charge on any atom is 0.258 e. The molecule has 2 aliphatic heterocycles. The Bertz CT molecular complexity index is 2260. The summed E-state index contributed by atoms with van der Waals surface area (Å²) in [4.78, 5) is 41.4. The van der Waals surface area contributed by atoms with E-state index in [-0.39, 0.29) is 64.7 Å². The van der Waals surface area contributed by atoms with Crippen LogP contribution in [0.4, 0.5) is 10.1 Å². The fourth-order valence-electron chi connectivity index (χ4n) is 10.6. The van der Waals surface area contributed by atoms with Crippen LogP contribution in [0.15, 0.2) is 84.9 Å². The lowest BCUT2D eigenvalue weighted by Crippen LogP contribution is -2.46. The molecule has 6 atom stereocenters. The number of ether oxygens (including phenoxy) is 3. The molecule has 3 fully saturated rings. The van der Waals surface area contributed by atoms with Crippen LogP contribution in [-0.2, 0) is 30.3 Å². The molecule has 3 aliphatic rings. The Morgan fingerprint density at radius 2 is 1.43 bits per heavy atom. The third-order valence-corrected chi connectivity index (χ3v) is 13.6. The zero-order valence-electron chi connectivity index (χ0n) is 40.2. The van der Waals surface area contributed by atoms with Crippen molar-refractivity contribution in [2.45, 2.75) is 162 Å². The highest BCUT2D eigenvalue weighted by Gasteiger charge is 2.50. The lowest BCUT2D eigenvalue weighted by atomic mass is 9.87. The van der Waals surface area contributed by atoms with E-state index in [2.05, 4.69) is 63.7 Å². The van der Waals surface area contributed by atoms with Gasteiger partial charge in [0.1, 0.15) is 11.6 Å². The van der Waals surface area contributed by atoms with Crippen molar-refractivity contribution in [3.8, 4) is 22.4 Å². The predicted octanol–water partition coefficient (Wildman–Crippen LogP) is 12.1. The number of nitrogens with zero attached hydrogens (tertiary/aromatic N) is 1.